The smallest absolute Gasteiger partial charge is 0.264 e. The number of hydrogen-bond acceptors (Lipinski definition) is 5. The van der Waals surface area contributed by atoms with Crippen molar-refractivity contribution in [3.63, 3.8) is 0 Å². The highest BCUT2D eigenvalue weighted by molar-refractivity contribution is 7.92. The number of amides is 1. The number of methoxy groups -OCH3 is 1. The molecule has 1 N–H and O–H groups in total. The van der Waals surface area contributed by atoms with Gasteiger partial charge in [0.05, 0.1) is 29.8 Å². The fraction of sp³-hybridized carbons (Fsp3) is 0.265. The maximum atomic E-state index is 14.0. The SMILES string of the molecule is COc1ccc(S(=O)(=O)N(Cc2ccccc2)c2ccccc2C(=O)NCc2ccc(CN3CCCCC3)cc2)cc1. The van der Waals surface area contributed by atoms with Gasteiger partial charge in [0.1, 0.15) is 5.75 Å². The molecule has 1 heterocycles. The summed E-state index contributed by atoms with van der Waals surface area (Å²) < 4.78 is 34.5. The van der Waals surface area contributed by atoms with Crippen molar-refractivity contribution in [3.05, 3.63) is 125 Å². The van der Waals surface area contributed by atoms with E-state index in [0.29, 0.717) is 18.0 Å². The number of rotatable bonds is 11. The molecule has 1 saturated heterocycles. The molecule has 4 aromatic rings. The normalized spacial score (nSPS) is 13.8. The molecular formula is C34H37N3O4S. The van der Waals surface area contributed by atoms with E-state index in [-0.39, 0.29) is 22.9 Å². The fourth-order valence-corrected chi connectivity index (χ4v) is 6.69. The third kappa shape index (κ3) is 7.19. The Labute approximate surface area is 248 Å². The molecule has 4 aromatic carbocycles. The van der Waals surface area contributed by atoms with E-state index in [1.54, 1.807) is 36.4 Å². The predicted molar refractivity (Wildman–Crippen MR) is 166 cm³/mol. The molecule has 1 aliphatic rings. The van der Waals surface area contributed by atoms with Gasteiger partial charge in [0, 0.05) is 13.1 Å². The molecule has 0 spiro atoms. The van der Waals surface area contributed by atoms with Gasteiger partial charge in [-0.25, -0.2) is 8.42 Å². The number of sulfonamides is 1. The fourth-order valence-electron chi connectivity index (χ4n) is 5.22. The van der Waals surface area contributed by atoms with Crippen LogP contribution in [0.3, 0.4) is 0 Å². The third-order valence-corrected chi connectivity index (χ3v) is 9.34. The molecule has 5 rings (SSSR count). The van der Waals surface area contributed by atoms with Gasteiger partial charge in [-0.2, -0.15) is 0 Å². The summed E-state index contributed by atoms with van der Waals surface area (Å²) in [6.07, 6.45) is 3.83. The van der Waals surface area contributed by atoms with Crippen molar-refractivity contribution in [1.29, 1.82) is 0 Å². The molecule has 8 heteroatoms. The minimum absolute atomic E-state index is 0.0674. The first-order valence-electron chi connectivity index (χ1n) is 14.3. The topological polar surface area (TPSA) is 79.0 Å². The molecule has 42 heavy (non-hydrogen) atoms. The van der Waals surface area contributed by atoms with Gasteiger partial charge < -0.3 is 10.1 Å². The van der Waals surface area contributed by atoms with Crippen LogP contribution in [0.25, 0.3) is 0 Å². The van der Waals surface area contributed by atoms with Crippen LogP contribution in [0.2, 0.25) is 0 Å². The molecule has 1 amide bonds. The van der Waals surface area contributed by atoms with Gasteiger partial charge in [0.25, 0.3) is 15.9 Å². The number of hydrogen-bond donors (Lipinski definition) is 1. The average Bonchev–Trinajstić information content (AvgIpc) is 3.04. The van der Waals surface area contributed by atoms with Crippen LogP contribution in [0, 0.1) is 0 Å². The predicted octanol–water partition coefficient (Wildman–Crippen LogP) is 6.01. The highest BCUT2D eigenvalue weighted by atomic mass is 32.2. The first-order valence-corrected chi connectivity index (χ1v) is 15.8. The van der Waals surface area contributed by atoms with E-state index in [1.165, 1.54) is 48.4 Å². The molecular weight excluding hydrogens is 546 g/mol. The molecule has 0 aliphatic carbocycles. The Morgan fingerprint density at radius 3 is 2.12 bits per heavy atom. The number of anilines is 1. The quantitative estimate of drug-likeness (QED) is 0.234. The number of ether oxygens (including phenoxy) is 1. The van der Waals surface area contributed by atoms with Gasteiger partial charge in [0.2, 0.25) is 0 Å². The zero-order chi connectivity index (χ0) is 29.4. The van der Waals surface area contributed by atoms with E-state index in [0.717, 1.165) is 30.8 Å². The van der Waals surface area contributed by atoms with Crippen LogP contribution in [-0.2, 0) is 29.7 Å². The van der Waals surface area contributed by atoms with Crippen molar-refractivity contribution < 1.29 is 17.9 Å². The lowest BCUT2D eigenvalue weighted by Crippen LogP contribution is -2.33. The molecule has 0 atom stereocenters. The molecule has 0 saturated carbocycles. The van der Waals surface area contributed by atoms with Gasteiger partial charge in [-0.3, -0.25) is 14.0 Å². The molecule has 0 aromatic heterocycles. The average molecular weight is 584 g/mol. The zero-order valence-electron chi connectivity index (χ0n) is 23.9. The highest BCUT2D eigenvalue weighted by Crippen LogP contribution is 2.30. The van der Waals surface area contributed by atoms with Gasteiger partial charge in [-0.05, 0) is 79.0 Å². The van der Waals surface area contributed by atoms with Crippen LogP contribution < -0.4 is 14.4 Å². The number of carbonyl (C=O) groups is 1. The first kappa shape index (κ1) is 29.4. The van der Waals surface area contributed by atoms with Crippen molar-refractivity contribution in [1.82, 2.24) is 10.2 Å². The van der Waals surface area contributed by atoms with E-state index < -0.39 is 10.0 Å². The van der Waals surface area contributed by atoms with Gasteiger partial charge in [0.15, 0.2) is 0 Å². The van der Waals surface area contributed by atoms with Crippen molar-refractivity contribution >= 4 is 21.6 Å². The zero-order valence-corrected chi connectivity index (χ0v) is 24.7. The molecule has 218 valence electrons. The largest absolute Gasteiger partial charge is 0.497 e. The second-order valence-electron chi connectivity index (χ2n) is 10.5. The molecule has 1 fully saturated rings. The van der Waals surface area contributed by atoms with Crippen LogP contribution in [0.1, 0.15) is 46.3 Å². The number of carbonyl (C=O) groups excluding carboxylic acids is 1. The molecule has 7 nitrogen and oxygen atoms in total. The van der Waals surface area contributed by atoms with Gasteiger partial charge in [-0.15, -0.1) is 0 Å². The number of nitrogens with one attached hydrogen (secondary N) is 1. The van der Waals surface area contributed by atoms with Gasteiger partial charge in [-0.1, -0.05) is 73.2 Å². The van der Waals surface area contributed by atoms with Crippen LogP contribution in [0.4, 0.5) is 5.69 Å². The van der Waals surface area contributed by atoms with Gasteiger partial charge >= 0.3 is 0 Å². The minimum Gasteiger partial charge on any atom is -0.497 e. The summed E-state index contributed by atoms with van der Waals surface area (Å²) in [5.41, 5.74) is 3.64. The molecule has 0 unspecified atom stereocenters. The number of nitrogens with zero attached hydrogens (tertiary/aromatic N) is 2. The lowest BCUT2D eigenvalue weighted by atomic mass is 10.1. The lowest BCUT2D eigenvalue weighted by Gasteiger charge is -2.27. The van der Waals surface area contributed by atoms with Crippen molar-refractivity contribution in [2.45, 2.75) is 43.8 Å². The Hall–Kier alpha value is -4.14. The number of piperidine rings is 1. The second-order valence-corrected chi connectivity index (χ2v) is 12.4. The minimum atomic E-state index is -4.02. The van der Waals surface area contributed by atoms with E-state index in [9.17, 15) is 13.2 Å². The van der Waals surface area contributed by atoms with Crippen LogP contribution in [0.15, 0.2) is 108 Å². The number of para-hydroxylation sites is 1. The Morgan fingerprint density at radius 1 is 0.786 bits per heavy atom. The molecule has 0 bridgehead atoms. The summed E-state index contributed by atoms with van der Waals surface area (Å²) in [7, 11) is -2.49. The summed E-state index contributed by atoms with van der Waals surface area (Å²) in [5, 5.41) is 2.99. The van der Waals surface area contributed by atoms with Crippen molar-refractivity contribution in [2.75, 3.05) is 24.5 Å². The first-order chi connectivity index (χ1) is 20.4. The molecule has 1 aliphatic heterocycles. The Morgan fingerprint density at radius 2 is 1.43 bits per heavy atom. The number of benzene rings is 4. The summed E-state index contributed by atoms with van der Waals surface area (Å²) in [5.74, 6) is 0.217. The third-order valence-electron chi connectivity index (χ3n) is 7.56. The van der Waals surface area contributed by atoms with Crippen LogP contribution >= 0.6 is 0 Å². The number of likely N-dealkylation sites (tertiary alicyclic amines) is 1. The van der Waals surface area contributed by atoms with E-state index >= 15 is 0 Å². The highest BCUT2D eigenvalue weighted by Gasteiger charge is 2.28. The Bertz CT molecular complexity index is 1570. The molecule has 0 radical (unpaired) electrons. The van der Waals surface area contributed by atoms with Crippen LogP contribution in [-0.4, -0.2) is 39.4 Å². The summed E-state index contributed by atoms with van der Waals surface area (Å²) in [4.78, 5) is 16.1. The van der Waals surface area contributed by atoms with E-state index in [4.69, 9.17) is 4.74 Å². The lowest BCUT2D eigenvalue weighted by molar-refractivity contribution is 0.0951. The van der Waals surface area contributed by atoms with Crippen molar-refractivity contribution in [2.24, 2.45) is 0 Å². The maximum Gasteiger partial charge on any atom is 0.264 e. The standard InChI is InChI=1S/C34H37N3O4S/c1-41-30-18-20-31(21-19-30)42(39,40)37(26-28-10-4-2-5-11-28)33-13-7-6-12-32(33)34(38)35-24-27-14-16-29(17-15-27)25-36-22-8-3-9-23-36/h2,4-7,10-21H,3,8-9,22-26H2,1H3,(H,35,38). The maximum absolute atomic E-state index is 14.0. The van der Waals surface area contributed by atoms with E-state index in [2.05, 4.69) is 22.3 Å². The Kier molecular flexibility index (Phi) is 9.56. The van der Waals surface area contributed by atoms with E-state index in [1.807, 2.05) is 42.5 Å². The monoisotopic (exact) mass is 583 g/mol. The Balaban J connectivity index is 1.36. The summed E-state index contributed by atoms with van der Waals surface area (Å²) >= 11 is 0. The second kappa shape index (κ2) is 13.7. The summed E-state index contributed by atoms with van der Waals surface area (Å²) in [6.45, 7) is 3.64. The van der Waals surface area contributed by atoms with Crippen LogP contribution in [0.5, 0.6) is 5.75 Å². The summed E-state index contributed by atoms with van der Waals surface area (Å²) in [6, 6.07) is 30.8. The van der Waals surface area contributed by atoms with Crippen molar-refractivity contribution in [3.8, 4) is 5.75 Å².